The van der Waals surface area contributed by atoms with Gasteiger partial charge in [0, 0.05) is 12.5 Å². The van der Waals surface area contributed by atoms with Crippen molar-refractivity contribution in [2.75, 3.05) is 6.61 Å². The van der Waals surface area contributed by atoms with E-state index in [4.69, 9.17) is 5.11 Å². The summed E-state index contributed by atoms with van der Waals surface area (Å²) in [6.07, 6.45) is 6.58. The number of allylic oxidation sites excluding steroid dienone is 1. The topological polar surface area (TPSA) is 37.3 Å². The average molecular weight is 184 g/mol. The Morgan fingerprint density at radius 2 is 2.15 bits per heavy atom. The molecule has 0 aliphatic carbocycles. The smallest absolute Gasteiger partial charge is 0.132 e. The Morgan fingerprint density at radius 1 is 1.46 bits per heavy atom. The normalized spacial score (nSPS) is 12.5. The fourth-order valence-electron chi connectivity index (χ4n) is 1.39. The molecule has 13 heavy (non-hydrogen) atoms. The van der Waals surface area contributed by atoms with E-state index in [9.17, 15) is 4.79 Å². The van der Waals surface area contributed by atoms with Crippen LogP contribution in [0.3, 0.4) is 0 Å². The summed E-state index contributed by atoms with van der Waals surface area (Å²) in [7, 11) is 0. The Labute approximate surface area is 80.7 Å². The maximum absolute atomic E-state index is 11.1. The maximum atomic E-state index is 11.1. The standard InChI is InChI=1S/C11H20O2/c1-3-4-5-6-7-11(8-9-12)10(2)13/h3,11-12H,1,4-9H2,2H3. The van der Waals surface area contributed by atoms with Crippen molar-refractivity contribution in [1.82, 2.24) is 0 Å². The molecular formula is C11H20O2. The fourth-order valence-corrected chi connectivity index (χ4v) is 1.39. The number of aliphatic hydroxyl groups excluding tert-OH is 1. The van der Waals surface area contributed by atoms with Crippen LogP contribution in [-0.2, 0) is 4.79 Å². The van der Waals surface area contributed by atoms with E-state index in [0.29, 0.717) is 6.42 Å². The molecule has 2 heteroatoms. The lowest BCUT2D eigenvalue weighted by Gasteiger charge is -2.10. The second-order valence-electron chi connectivity index (χ2n) is 3.39. The fraction of sp³-hybridized carbons (Fsp3) is 0.727. The van der Waals surface area contributed by atoms with Gasteiger partial charge in [-0.3, -0.25) is 4.79 Å². The molecule has 0 saturated carbocycles. The van der Waals surface area contributed by atoms with Gasteiger partial charge in [-0.2, -0.15) is 0 Å². The second-order valence-corrected chi connectivity index (χ2v) is 3.39. The van der Waals surface area contributed by atoms with Gasteiger partial charge in [0.15, 0.2) is 0 Å². The monoisotopic (exact) mass is 184 g/mol. The summed E-state index contributed by atoms with van der Waals surface area (Å²) >= 11 is 0. The predicted molar refractivity (Wildman–Crippen MR) is 54.5 cm³/mol. The van der Waals surface area contributed by atoms with Crippen LogP contribution in [0.25, 0.3) is 0 Å². The van der Waals surface area contributed by atoms with E-state index in [1.165, 1.54) is 0 Å². The summed E-state index contributed by atoms with van der Waals surface area (Å²) in [5.74, 6) is 0.266. The number of hydrogen-bond donors (Lipinski definition) is 1. The molecule has 0 radical (unpaired) electrons. The molecule has 0 aliphatic rings. The minimum atomic E-state index is 0.0646. The van der Waals surface area contributed by atoms with E-state index in [1.54, 1.807) is 6.92 Å². The summed E-state index contributed by atoms with van der Waals surface area (Å²) in [4.78, 5) is 11.1. The molecule has 0 aromatic carbocycles. The number of rotatable bonds is 8. The summed E-state index contributed by atoms with van der Waals surface area (Å²) < 4.78 is 0. The van der Waals surface area contributed by atoms with Gasteiger partial charge in [0.05, 0.1) is 0 Å². The lowest BCUT2D eigenvalue weighted by Crippen LogP contribution is -2.12. The number of hydrogen-bond acceptors (Lipinski definition) is 2. The van der Waals surface area contributed by atoms with E-state index >= 15 is 0 Å². The Balaban J connectivity index is 3.56. The highest BCUT2D eigenvalue weighted by molar-refractivity contribution is 5.78. The molecule has 2 nitrogen and oxygen atoms in total. The molecule has 0 aromatic rings. The largest absolute Gasteiger partial charge is 0.396 e. The minimum Gasteiger partial charge on any atom is -0.396 e. The highest BCUT2D eigenvalue weighted by atomic mass is 16.3. The van der Waals surface area contributed by atoms with Gasteiger partial charge in [0.1, 0.15) is 5.78 Å². The van der Waals surface area contributed by atoms with Gasteiger partial charge >= 0.3 is 0 Å². The van der Waals surface area contributed by atoms with Crippen molar-refractivity contribution >= 4 is 5.78 Å². The van der Waals surface area contributed by atoms with E-state index < -0.39 is 0 Å². The quantitative estimate of drug-likeness (QED) is 0.464. The third kappa shape index (κ3) is 6.52. The summed E-state index contributed by atoms with van der Waals surface area (Å²) in [5.41, 5.74) is 0. The van der Waals surface area contributed by atoms with Crippen molar-refractivity contribution in [2.45, 2.75) is 39.0 Å². The average Bonchev–Trinajstić information content (AvgIpc) is 2.10. The van der Waals surface area contributed by atoms with Gasteiger partial charge in [-0.05, 0) is 32.6 Å². The number of Topliss-reactive ketones (excluding diaryl/α,β-unsaturated/α-hetero) is 1. The van der Waals surface area contributed by atoms with Crippen LogP contribution in [0, 0.1) is 5.92 Å². The van der Waals surface area contributed by atoms with Crippen LogP contribution in [0.15, 0.2) is 12.7 Å². The zero-order valence-electron chi connectivity index (χ0n) is 8.46. The number of ketones is 1. The van der Waals surface area contributed by atoms with Crippen LogP contribution in [-0.4, -0.2) is 17.5 Å². The molecule has 1 N–H and O–H groups in total. The van der Waals surface area contributed by atoms with Crippen LogP contribution in [0.5, 0.6) is 0 Å². The maximum Gasteiger partial charge on any atom is 0.132 e. The Morgan fingerprint density at radius 3 is 2.62 bits per heavy atom. The molecule has 0 saturated heterocycles. The molecular weight excluding hydrogens is 164 g/mol. The summed E-state index contributed by atoms with van der Waals surface area (Å²) in [6.45, 7) is 5.36. The summed E-state index contributed by atoms with van der Waals surface area (Å²) in [6, 6.07) is 0. The third-order valence-corrected chi connectivity index (χ3v) is 2.26. The van der Waals surface area contributed by atoms with Crippen LogP contribution in [0.4, 0.5) is 0 Å². The van der Waals surface area contributed by atoms with Crippen molar-refractivity contribution in [1.29, 1.82) is 0 Å². The SMILES string of the molecule is C=CCCCCC(CCO)C(C)=O. The molecule has 0 aromatic heterocycles. The first-order valence-electron chi connectivity index (χ1n) is 4.94. The number of aliphatic hydroxyl groups is 1. The highest BCUT2D eigenvalue weighted by Crippen LogP contribution is 2.14. The molecule has 0 aliphatic heterocycles. The molecule has 0 amide bonds. The highest BCUT2D eigenvalue weighted by Gasteiger charge is 2.12. The van der Waals surface area contributed by atoms with Crippen molar-refractivity contribution in [3.63, 3.8) is 0 Å². The molecule has 0 spiro atoms. The number of carbonyl (C=O) groups excluding carboxylic acids is 1. The zero-order chi connectivity index (χ0) is 10.1. The van der Waals surface area contributed by atoms with Crippen molar-refractivity contribution in [2.24, 2.45) is 5.92 Å². The molecule has 0 bridgehead atoms. The molecule has 0 heterocycles. The van der Waals surface area contributed by atoms with Gasteiger partial charge in [-0.25, -0.2) is 0 Å². The Bertz CT molecular complexity index is 152. The van der Waals surface area contributed by atoms with Gasteiger partial charge in [-0.15, -0.1) is 6.58 Å². The van der Waals surface area contributed by atoms with E-state index in [1.807, 2.05) is 6.08 Å². The lowest BCUT2D eigenvalue weighted by molar-refractivity contribution is -0.121. The first kappa shape index (κ1) is 12.4. The zero-order valence-corrected chi connectivity index (χ0v) is 8.46. The van der Waals surface area contributed by atoms with Crippen LogP contribution in [0.1, 0.15) is 39.0 Å². The van der Waals surface area contributed by atoms with Gasteiger partial charge in [0.2, 0.25) is 0 Å². The van der Waals surface area contributed by atoms with Crippen molar-refractivity contribution in [3.05, 3.63) is 12.7 Å². The third-order valence-electron chi connectivity index (χ3n) is 2.26. The lowest BCUT2D eigenvalue weighted by atomic mass is 9.95. The Hall–Kier alpha value is -0.630. The summed E-state index contributed by atoms with van der Waals surface area (Å²) in [5, 5.41) is 8.72. The molecule has 0 rings (SSSR count). The molecule has 1 atom stereocenters. The second kappa shape index (κ2) is 7.99. The predicted octanol–water partition coefficient (Wildman–Crippen LogP) is 2.32. The molecule has 76 valence electrons. The van der Waals surface area contributed by atoms with Gasteiger partial charge < -0.3 is 5.11 Å². The number of carbonyl (C=O) groups is 1. The molecule has 0 fully saturated rings. The van der Waals surface area contributed by atoms with E-state index in [2.05, 4.69) is 6.58 Å². The van der Waals surface area contributed by atoms with Crippen molar-refractivity contribution in [3.8, 4) is 0 Å². The first-order valence-corrected chi connectivity index (χ1v) is 4.94. The van der Waals surface area contributed by atoms with Crippen LogP contribution < -0.4 is 0 Å². The van der Waals surface area contributed by atoms with E-state index in [-0.39, 0.29) is 18.3 Å². The Kier molecular flexibility index (Phi) is 7.60. The van der Waals surface area contributed by atoms with Crippen LogP contribution >= 0.6 is 0 Å². The van der Waals surface area contributed by atoms with Gasteiger partial charge in [0.25, 0.3) is 0 Å². The number of unbranched alkanes of at least 4 members (excludes halogenated alkanes) is 2. The van der Waals surface area contributed by atoms with Crippen LogP contribution in [0.2, 0.25) is 0 Å². The van der Waals surface area contributed by atoms with E-state index in [0.717, 1.165) is 25.7 Å². The minimum absolute atomic E-state index is 0.0646. The van der Waals surface area contributed by atoms with Crippen molar-refractivity contribution < 1.29 is 9.90 Å². The first-order chi connectivity index (χ1) is 6.22. The molecule has 1 unspecified atom stereocenters. The van der Waals surface area contributed by atoms with Gasteiger partial charge in [-0.1, -0.05) is 12.5 Å².